The fourth-order valence-electron chi connectivity index (χ4n) is 3.80. The third kappa shape index (κ3) is 5.91. The van der Waals surface area contributed by atoms with Gasteiger partial charge >= 0.3 is 0 Å². The van der Waals surface area contributed by atoms with Crippen LogP contribution in [-0.4, -0.2) is 42.1 Å². The molecule has 1 atom stereocenters. The van der Waals surface area contributed by atoms with Gasteiger partial charge in [0.15, 0.2) is 6.61 Å². The van der Waals surface area contributed by atoms with Gasteiger partial charge in [0.25, 0.3) is 5.91 Å². The Hall–Kier alpha value is -4.14. The molecule has 0 radical (unpaired) electrons. The Kier molecular flexibility index (Phi) is 7.99. The van der Waals surface area contributed by atoms with Crippen molar-refractivity contribution in [2.75, 3.05) is 25.5 Å². The molecule has 0 aliphatic rings. The second-order valence-corrected chi connectivity index (χ2v) is 8.41. The van der Waals surface area contributed by atoms with Crippen LogP contribution in [-0.2, 0) is 9.59 Å². The predicted octanol–water partition coefficient (Wildman–Crippen LogP) is 4.04. The summed E-state index contributed by atoms with van der Waals surface area (Å²) >= 11 is 6.53. The molecule has 0 aliphatic carbocycles. The molecule has 2 amide bonds. The summed E-state index contributed by atoms with van der Waals surface area (Å²) in [5, 5.41) is 20.6. The molecule has 1 heterocycles. The van der Waals surface area contributed by atoms with Crippen LogP contribution in [0.4, 0.5) is 5.69 Å². The number of para-hydroxylation sites is 1. The molecule has 0 saturated carbocycles. The summed E-state index contributed by atoms with van der Waals surface area (Å²) in [5.74, 6) is -0.175. The van der Waals surface area contributed by atoms with Crippen LogP contribution in [0, 0.1) is 0 Å². The average molecular weight is 505 g/mol. The molecular weight excluding hydrogens is 480 g/mol. The van der Waals surface area contributed by atoms with Crippen LogP contribution in [0.15, 0.2) is 79.0 Å². The Morgan fingerprint density at radius 3 is 2.61 bits per heavy atom. The number of amides is 2. The number of benzene rings is 3. The number of pyridine rings is 1. The van der Waals surface area contributed by atoms with Gasteiger partial charge in [0.1, 0.15) is 17.0 Å². The maximum atomic E-state index is 12.9. The number of anilines is 1. The molecule has 0 bridgehead atoms. The Labute approximate surface area is 213 Å². The highest BCUT2D eigenvalue weighted by molar-refractivity contribution is 6.35. The van der Waals surface area contributed by atoms with Crippen molar-refractivity contribution in [2.24, 2.45) is 0 Å². The molecule has 0 saturated heterocycles. The second kappa shape index (κ2) is 11.5. The summed E-state index contributed by atoms with van der Waals surface area (Å²) in [7, 11) is 1.68. The van der Waals surface area contributed by atoms with Crippen molar-refractivity contribution in [3.05, 3.63) is 95.1 Å². The van der Waals surface area contributed by atoms with E-state index in [1.165, 1.54) is 0 Å². The number of aromatic nitrogens is 1. The maximum absolute atomic E-state index is 12.9. The number of carbonyl (C=O) groups is 2. The van der Waals surface area contributed by atoms with E-state index < -0.39 is 11.9 Å². The average Bonchev–Trinajstić information content (AvgIpc) is 2.89. The number of phenolic OH excluding ortho intramolecular Hbond substituents is 1. The molecule has 0 spiro atoms. The van der Waals surface area contributed by atoms with Gasteiger partial charge in [0.2, 0.25) is 5.91 Å². The van der Waals surface area contributed by atoms with Gasteiger partial charge in [0, 0.05) is 22.8 Å². The van der Waals surface area contributed by atoms with Crippen molar-refractivity contribution in [1.82, 2.24) is 15.6 Å². The number of halogens is 1. The van der Waals surface area contributed by atoms with Crippen molar-refractivity contribution < 1.29 is 19.4 Å². The van der Waals surface area contributed by atoms with Gasteiger partial charge in [-0.15, -0.1) is 0 Å². The predicted molar refractivity (Wildman–Crippen MR) is 139 cm³/mol. The summed E-state index contributed by atoms with van der Waals surface area (Å²) in [6.45, 7) is -0.0899. The first-order valence-electron chi connectivity index (χ1n) is 11.2. The van der Waals surface area contributed by atoms with Crippen molar-refractivity contribution in [2.45, 2.75) is 6.04 Å². The summed E-state index contributed by atoms with van der Waals surface area (Å²) in [6, 6.07) is 20.3. The van der Waals surface area contributed by atoms with E-state index >= 15 is 0 Å². The lowest BCUT2D eigenvalue weighted by atomic mass is 9.95. The molecule has 36 heavy (non-hydrogen) atoms. The molecule has 9 heteroatoms. The number of rotatable bonds is 9. The van der Waals surface area contributed by atoms with Crippen LogP contribution in [0.1, 0.15) is 17.2 Å². The molecule has 8 nitrogen and oxygen atoms in total. The normalized spacial score (nSPS) is 11.6. The summed E-state index contributed by atoms with van der Waals surface area (Å²) in [5.41, 5.74) is 1.83. The number of phenols is 1. The first-order chi connectivity index (χ1) is 17.5. The molecule has 4 aromatic rings. The number of aromatic hydroxyl groups is 1. The third-order valence-electron chi connectivity index (χ3n) is 5.42. The van der Waals surface area contributed by atoms with Gasteiger partial charge in [-0.25, -0.2) is 0 Å². The van der Waals surface area contributed by atoms with Crippen LogP contribution >= 0.6 is 11.6 Å². The first-order valence-corrected chi connectivity index (χ1v) is 11.6. The van der Waals surface area contributed by atoms with E-state index in [0.29, 0.717) is 38.5 Å². The largest absolute Gasteiger partial charge is 0.505 e. The summed E-state index contributed by atoms with van der Waals surface area (Å²) < 4.78 is 5.59. The van der Waals surface area contributed by atoms with Crippen LogP contribution in [0.5, 0.6) is 11.5 Å². The minimum absolute atomic E-state index is 0.103. The third-order valence-corrected chi connectivity index (χ3v) is 5.73. The zero-order chi connectivity index (χ0) is 25.5. The molecular formula is C27H25ClN4O4. The summed E-state index contributed by atoms with van der Waals surface area (Å²) in [6.07, 6.45) is 1.56. The number of fused-ring (bicyclic) bond motifs is 1. The van der Waals surface area contributed by atoms with Crippen molar-refractivity contribution in [3.8, 4) is 11.5 Å². The Morgan fingerprint density at radius 2 is 1.83 bits per heavy atom. The lowest BCUT2D eigenvalue weighted by Crippen LogP contribution is -2.33. The van der Waals surface area contributed by atoms with E-state index in [2.05, 4.69) is 20.9 Å². The number of hydrogen-bond acceptors (Lipinski definition) is 6. The van der Waals surface area contributed by atoms with Crippen molar-refractivity contribution >= 4 is 40.0 Å². The highest BCUT2D eigenvalue weighted by Crippen LogP contribution is 2.38. The standard InChI is InChI=1S/C27H25ClN4O4/c1-29-15-23(33)31-18-8-5-7-17(13-18)25(32-24(34)16-36-19-9-3-2-4-10-19)21-14-22(28)20-11-6-12-30-26(20)27(21)35/h2-14,25,29,35H,15-16H2,1H3,(H,31,33)(H,32,34). The monoisotopic (exact) mass is 504 g/mol. The van der Waals surface area contributed by atoms with Crippen molar-refractivity contribution in [1.29, 1.82) is 0 Å². The topological polar surface area (TPSA) is 113 Å². The van der Waals surface area contributed by atoms with E-state index in [1.54, 1.807) is 67.8 Å². The molecule has 1 unspecified atom stereocenters. The highest BCUT2D eigenvalue weighted by Gasteiger charge is 2.24. The lowest BCUT2D eigenvalue weighted by Gasteiger charge is -2.22. The molecule has 1 aromatic heterocycles. The number of nitrogens with zero attached hydrogens (tertiary/aromatic N) is 1. The lowest BCUT2D eigenvalue weighted by molar-refractivity contribution is -0.123. The van der Waals surface area contributed by atoms with E-state index in [0.717, 1.165) is 0 Å². The van der Waals surface area contributed by atoms with Gasteiger partial charge in [-0.3, -0.25) is 14.6 Å². The Morgan fingerprint density at radius 1 is 1.03 bits per heavy atom. The highest BCUT2D eigenvalue weighted by atomic mass is 35.5. The smallest absolute Gasteiger partial charge is 0.258 e. The van der Waals surface area contributed by atoms with Crippen LogP contribution in [0.2, 0.25) is 5.02 Å². The zero-order valence-electron chi connectivity index (χ0n) is 19.5. The van der Waals surface area contributed by atoms with E-state index in [-0.39, 0.29) is 24.8 Å². The van der Waals surface area contributed by atoms with Gasteiger partial charge in [-0.2, -0.15) is 0 Å². The van der Waals surface area contributed by atoms with E-state index in [9.17, 15) is 14.7 Å². The van der Waals surface area contributed by atoms with Crippen molar-refractivity contribution in [3.63, 3.8) is 0 Å². The number of nitrogens with one attached hydrogen (secondary N) is 3. The fourth-order valence-corrected chi connectivity index (χ4v) is 4.07. The molecule has 4 rings (SSSR count). The van der Waals surface area contributed by atoms with Crippen LogP contribution < -0.4 is 20.7 Å². The van der Waals surface area contributed by atoms with Crippen LogP contribution in [0.3, 0.4) is 0 Å². The minimum Gasteiger partial charge on any atom is -0.505 e. The molecule has 184 valence electrons. The fraction of sp³-hybridized carbons (Fsp3) is 0.148. The SMILES string of the molecule is CNCC(=O)Nc1cccc(C(NC(=O)COc2ccccc2)c2cc(Cl)c3cccnc3c2O)c1. The Bertz CT molecular complexity index is 1380. The van der Waals surface area contributed by atoms with E-state index in [4.69, 9.17) is 16.3 Å². The van der Waals surface area contributed by atoms with Gasteiger partial charge in [0.05, 0.1) is 17.6 Å². The molecule has 3 aromatic carbocycles. The second-order valence-electron chi connectivity index (χ2n) is 8.00. The molecule has 0 fully saturated rings. The number of ether oxygens (including phenoxy) is 1. The maximum Gasteiger partial charge on any atom is 0.258 e. The number of hydrogen-bond donors (Lipinski definition) is 4. The van der Waals surface area contributed by atoms with Gasteiger partial charge < -0.3 is 25.8 Å². The molecule has 0 aliphatic heterocycles. The number of carbonyl (C=O) groups excluding carboxylic acids is 2. The molecule has 4 N–H and O–H groups in total. The van der Waals surface area contributed by atoms with Gasteiger partial charge in [-0.05, 0) is 55.1 Å². The zero-order valence-corrected chi connectivity index (χ0v) is 20.3. The van der Waals surface area contributed by atoms with E-state index in [1.807, 2.05) is 18.2 Å². The van der Waals surface area contributed by atoms with Gasteiger partial charge in [-0.1, -0.05) is 41.9 Å². The minimum atomic E-state index is -0.804. The number of likely N-dealkylation sites (N-methyl/N-ethyl adjacent to an activating group) is 1. The summed E-state index contributed by atoms with van der Waals surface area (Å²) in [4.78, 5) is 29.3. The quantitative estimate of drug-likeness (QED) is 0.274. The van der Waals surface area contributed by atoms with Crippen LogP contribution in [0.25, 0.3) is 10.9 Å². The Balaban J connectivity index is 1.69. The first kappa shape index (κ1) is 25.0.